The van der Waals surface area contributed by atoms with Gasteiger partial charge in [0.2, 0.25) is 0 Å². The van der Waals surface area contributed by atoms with Gasteiger partial charge in [0.15, 0.2) is 0 Å². The van der Waals surface area contributed by atoms with Crippen molar-refractivity contribution in [3.05, 3.63) is 59.4 Å². The summed E-state index contributed by atoms with van der Waals surface area (Å²) in [6, 6.07) is 12.5. The molecule has 0 heterocycles. The summed E-state index contributed by atoms with van der Waals surface area (Å²) in [5, 5.41) is 8.75. The van der Waals surface area contributed by atoms with Gasteiger partial charge in [0, 0.05) is 5.56 Å². The van der Waals surface area contributed by atoms with Crippen LogP contribution < -0.4 is 0 Å². The van der Waals surface area contributed by atoms with Gasteiger partial charge in [-0.3, -0.25) is 4.79 Å². The van der Waals surface area contributed by atoms with Crippen LogP contribution in [0.4, 0.5) is 4.39 Å². The Bertz CT molecular complexity index is 577. The number of rotatable bonds is 3. The Hall–Kier alpha value is -2.16. The second-order valence-corrected chi connectivity index (χ2v) is 4.15. The highest BCUT2D eigenvalue weighted by Gasteiger charge is 2.12. The molecule has 0 amide bonds. The Kier molecular flexibility index (Phi) is 3.42. The summed E-state index contributed by atoms with van der Waals surface area (Å²) < 4.78 is 14.2. The predicted octanol–water partition coefficient (Wildman–Crippen LogP) is 3.43. The Morgan fingerprint density at radius 2 is 1.83 bits per heavy atom. The molecule has 2 aromatic carbocycles. The average molecular weight is 244 g/mol. The van der Waals surface area contributed by atoms with Gasteiger partial charge in [0.05, 0.1) is 6.42 Å². The van der Waals surface area contributed by atoms with Gasteiger partial charge in [-0.25, -0.2) is 4.39 Å². The Balaban J connectivity index is 2.47. The first-order valence-electron chi connectivity index (χ1n) is 5.65. The molecule has 0 saturated carbocycles. The Morgan fingerprint density at radius 3 is 2.44 bits per heavy atom. The van der Waals surface area contributed by atoms with Crippen molar-refractivity contribution in [3.63, 3.8) is 0 Å². The molecule has 0 unspecified atom stereocenters. The van der Waals surface area contributed by atoms with E-state index in [0.29, 0.717) is 16.7 Å². The van der Waals surface area contributed by atoms with Crippen molar-refractivity contribution in [2.75, 3.05) is 0 Å². The highest BCUT2D eigenvalue weighted by Crippen LogP contribution is 2.26. The molecule has 92 valence electrons. The van der Waals surface area contributed by atoms with Crippen LogP contribution in [0.5, 0.6) is 0 Å². The molecule has 2 nitrogen and oxygen atoms in total. The van der Waals surface area contributed by atoms with Crippen LogP contribution in [0.1, 0.15) is 11.1 Å². The van der Waals surface area contributed by atoms with Crippen LogP contribution in [0.15, 0.2) is 42.5 Å². The summed E-state index contributed by atoms with van der Waals surface area (Å²) >= 11 is 0. The summed E-state index contributed by atoms with van der Waals surface area (Å²) in [6.07, 6.45) is -0.155. The minimum absolute atomic E-state index is 0.155. The van der Waals surface area contributed by atoms with Gasteiger partial charge in [-0.15, -0.1) is 0 Å². The van der Waals surface area contributed by atoms with Gasteiger partial charge in [-0.05, 0) is 23.6 Å². The van der Waals surface area contributed by atoms with Gasteiger partial charge in [-0.1, -0.05) is 42.5 Å². The van der Waals surface area contributed by atoms with Crippen LogP contribution in [0.25, 0.3) is 11.1 Å². The zero-order valence-electron chi connectivity index (χ0n) is 9.98. The lowest BCUT2D eigenvalue weighted by Crippen LogP contribution is -2.04. The summed E-state index contributed by atoms with van der Waals surface area (Å²) in [5.74, 6) is -1.30. The topological polar surface area (TPSA) is 37.3 Å². The number of hydrogen-bond donors (Lipinski definition) is 1. The summed E-state index contributed by atoms with van der Waals surface area (Å²) in [7, 11) is 0. The maximum Gasteiger partial charge on any atom is 0.307 e. The first-order chi connectivity index (χ1) is 8.59. The first kappa shape index (κ1) is 12.3. The van der Waals surface area contributed by atoms with Crippen molar-refractivity contribution in [3.8, 4) is 11.1 Å². The maximum atomic E-state index is 14.2. The van der Waals surface area contributed by atoms with Crippen molar-refractivity contribution in [2.45, 2.75) is 13.3 Å². The molecular weight excluding hydrogens is 231 g/mol. The van der Waals surface area contributed by atoms with E-state index in [1.54, 1.807) is 19.1 Å². The SMILES string of the molecule is Cc1c(CC(=O)O)ccc(-c2ccccc2)c1F. The Morgan fingerprint density at radius 1 is 1.17 bits per heavy atom. The van der Waals surface area contributed by atoms with E-state index < -0.39 is 5.97 Å². The fourth-order valence-electron chi connectivity index (χ4n) is 1.92. The standard InChI is InChI=1S/C15H13FO2/c1-10-12(9-14(17)18)7-8-13(15(10)16)11-5-3-2-4-6-11/h2-8H,9H2,1H3,(H,17,18). The fourth-order valence-corrected chi connectivity index (χ4v) is 1.92. The number of carbonyl (C=O) groups is 1. The third-order valence-corrected chi connectivity index (χ3v) is 2.93. The van der Waals surface area contributed by atoms with Gasteiger partial charge in [-0.2, -0.15) is 0 Å². The minimum Gasteiger partial charge on any atom is -0.481 e. The molecule has 3 heteroatoms. The second kappa shape index (κ2) is 5.00. The van der Waals surface area contributed by atoms with E-state index in [9.17, 15) is 9.18 Å². The molecule has 0 radical (unpaired) electrons. The lowest BCUT2D eigenvalue weighted by molar-refractivity contribution is -0.136. The number of carboxylic acid groups (broad SMARTS) is 1. The minimum atomic E-state index is -0.954. The van der Waals surface area contributed by atoms with Crippen LogP contribution in [-0.4, -0.2) is 11.1 Å². The van der Waals surface area contributed by atoms with Crippen molar-refractivity contribution in [1.29, 1.82) is 0 Å². The largest absolute Gasteiger partial charge is 0.481 e. The number of hydrogen-bond acceptors (Lipinski definition) is 1. The third kappa shape index (κ3) is 2.40. The van der Waals surface area contributed by atoms with E-state index in [4.69, 9.17) is 5.11 Å². The van der Waals surface area contributed by atoms with Crippen LogP contribution in [0.2, 0.25) is 0 Å². The molecule has 0 fully saturated rings. The second-order valence-electron chi connectivity index (χ2n) is 4.15. The van der Waals surface area contributed by atoms with E-state index >= 15 is 0 Å². The zero-order valence-corrected chi connectivity index (χ0v) is 9.98. The average Bonchev–Trinajstić information content (AvgIpc) is 2.36. The molecule has 18 heavy (non-hydrogen) atoms. The van der Waals surface area contributed by atoms with Crippen LogP contribution in [-0.2, 0) is 11.2 Å². The van der Waals surface area contributed by atoms with E-state index in [-0.39, 0.29) is 12.2 Å². The van der Waals surface area contributed by atoms with E-state index in [1.165, 1.54) is 0 Å². The zero-order chi connectivity index (χ0) is 13.1. The first-order valence-corrected chi connectivity index (χ1v) is 5.65. The van der Waals surface area contributed by atoms with E-state index in [2.05, 4.69) is 0 Å². The molecule has 2 aromatic rings. The normalized spacial score (nSPS) is 10.3. The monoisotopic (exact) mass is 244 g/mol. The smallest absolute Gasteiger partial charge is 0.307 e. The summed E-state index contributed by atoms with van der Waals surface area (Å²) in [6.45, 7) is 1.61. The highest BCUT2D eigenvalue weighted by atomic mass is 19.1. The van der Waals surface area contributed by atoms with Crippen LogP contribution in [0.3, 0.4) is 0 Å². The molecule has 2 rings (SSSR count). The lowest BCUT2D eigenvalue weighted by atomic mass is 9.97. The van der Waals surface area contributed by atoms with E-state index in [0.717, 1.165) is 5.56 Å². The third-order valence-electron chi connectivity index (χ3n) is 2.93. The van der Waals surface area contributed by atoms with E-state index in [1.807, 2.05) is 30.3 Å². The maximum absolute atomic E-state index is 14.2. The van der Waals surface area contributed by atoms with Gasteiger partial charge >= 0.3 is 5.97 Å². The number of carboxylic acids is 1. The molecule has 0 spiro atoms. The lowest BCUT2D eigenvalue weighted by Gasteiger charge is -2.09. The fraction of sp³-hybridized carbons (Fsp3) is 0.133. The number of halogens is 1. The quantitative estimate of drug-likeness (QED) is 0.898. The molecule has 0 saturated heterocycles. The molecular formula is C15H13FO2. The molecule has 0 bridgehead atoms. The molecule has 0 aliphatic rings. The van der Waals surface area contributed by atoms with Crippen molar-refractivity contribution in [1.82, 2.24) is 0 Å². The van der Waals surface area contributed by atoms with Crippen molar-refractivity contribution in [2.24, 2.45) is 0 Å². The summed E-state index contributed by atoms with van der Waals surface area (Å²) in [5.41, 5.74) is 2.21. The molecule has 0 aliphatic heterocycles. The van der Waals surface area contributed by atoms with Gasteiger partial charge in [0.25, 0.3) is 0 Å². The molecule has 0 aromatic heterocycles. The van der Waals surface area contributed by atoms with Gasteiger partial charge in [0.1, 0.15) is 5.82 Å². The predicted molar refractivity (Wildman–Crippen MR) is 67.9 cm³/mol. The van der Waals surface area contributed by atoms with Crippen LogP contribution >= 0.6 is 0 Å². The highest BCUT2D eigenvalue weighted by molar-refractivity contribution is 5.72. The molecule has 0 aliphatic carbocycles. The number of benzene rings is 2. The molecule has 1 N–H and O–H groups in total. The Labute approximate surface area is 105 Å². The van der Waals surface area contributed by atoms with Gasteiger partial charge < -0.3 is 5.11 Å². The van der Waals surface area contributed by atoms with Crippen LogP contribution in [0, 0.1) is 12.7 Å². The molecule has 0 atom stereocenters. The van der Waals surface area contributed by atoms with Crippen molar-refractivity contribution < 1.29 is 14.3 Å². The van der Waals surface area contributed by atoms with Crippen molar-refractivity contribution >= 4 is 5.97 Å². The number of aliphatic carboxylic acids is 1. The summed E-state index contributed by atoms with van der Waals surface area (Å²) in [4.78, 5) is 10.7.